The number of nitrogens with zero attached hydrogens (tertiary/aromatic N) is 1. The fraction of sp³-hybridized carbons (Fsp3) is 0.588. The molecule has 1 atom stereocenters. The standard InChI is InChI=1S/C17H25N3O/c21-17(18-8-11-20-9-4-1-5-10-20)16-12-14-6-2-3-7-15(14)13-19-16/h2-3,6-7,16,19H,1,4-5,8-13H2,(H,18,21). The number of piperidine rings is 1. The van der Waals surface area contributed by atoms with Gasteiger partial charge in [0.1, 0.15) is 0 Å². The van der Waals surface area contributed by atoms with Crippen molar-refractivity contribution in [2.75, 3.05) is 26.2 Å². The molecule has 1 amide bonds. The zero-order valence-electron chi connectivity index (χ0n) is 12.6. The van der Waals surface area contributed by atoms with Gasteiger partial charge in [0.05, 0.1) is 6.04 Å². The molecule has 1 aromatic rings. The van der Waals surface area contributed by atoms with Gasteiger partial charge in [-0.3, -0.25) is 4.79 Å². The van der Waals surface area contributed by atoms with Crippen molar-refractivity contribution in [2.24, 2.45) is 0 Å². The van der Waals surface area contributed by atoms with Crippen LogP contribution in [0.25, 0.3) is 0 Å². The lowest BCUT2D eigenvalue weighted by Crippen LogP contribution is -2.49. The van der Waals surface area contributed by atoms with E-state index >= 15 is 0 Å². The molecule has 1 fully saturated rings. The van der Waals surface area contributed by atoms with Crippen molar-refractivity contribution in [3.63, 3.8) is 0 Å². The number of benzene rings is 1. The summed E-state index contributed by atoms with van der Waals surface area (Å²) in [6.45, 7) is 4.91. The predicted octanol–water partition coefficient (Wildman–Crippen LogP) is 1.30. The molecule has 1 saturated heterocycles. The van der Waals surface area contributed by atoms with E-state index in [0.29, 0.717) is 0 Å². The summed E-state index contributed by atoms with van der Waals surface area (Å²) >= 11 is 0. The van der Waals surface area contributed by atoms with E-state index in [2.05, 4.69) is 39.8 Å². The number of carbonyl (C=O) groups is 1. The van der Waals surface area contributed by atoms with Crippen LogP contribution in [0.1, 0.15) is 30.4 Å². The third-order valence-corrected chi connectivity index (χ3v) is 4.57. The Balaban J connectivity index is 1.44. The van der Waals surface area contributed by atoms with Crippen molar-refractivity contribution in [1.29, 1.82) is 0 Å². The minimum atomic E-state index is -0.0822. The van der Waals surface area contributed by atoms with Gasteiger partial charge >= 0.3 is 0 Å². The minimum absolute atomic E-state index is 0.0822. The zero-order chi connectivity index (χ0) is 14.5. The van der Waals surface area contributed by atoms with Gasteiger partial charge in [0.25, 0.3) is 0 Å². The van der Waals surface area contributed by atoms with E-state index in [0.717, 1.165) is 26.1 Å². The number of carbonyl (C=O) groups excluding carboxylic acids is 1. The number of likely N-dealkylation sites (tertiary alicyclic amines) is 1. The molecule has 2 heterocycles. The van der Waals surface area contributed by atoms with Crippen LogP contribution in [0.2, 0.25) is 0 Å². The summed E-state index contributed by atoms with van der Waals surface area (Å²) in [7, 11) is 0. The molecule has 21 heavy (non-hydrogen) atoms. The average Bonchev–Trinajstić information content (AvgIpc) is 2.55. The van der Waals surface area contributed by atoms with E-state index in [1.54, 1.807) is 0 Å². The van der Waals surface area contributed by atoms with Gasteiger partial charge in [-0.25, -0.2) is 0 Å². The highest BCUT2D eigenvalue weighted by molar-refractivity contribution is 5.82. The lowest BCUT2D eigenvalue weighted by molar-refractivity contribution is -0.123. The minimum Gasteiger partial charge on any atom is -0.353 e. The molecule has 2 aliphatic heterocycles. The van der Waals surface area contributed by atoms with Gasteiger partial charge in [0, 0.05) is 19.6 Å². The quantitative estimate of drug-likeness (QED) is 0.877. The van der Waals surface area contributed by atoms with Crippen molar-refractivity contribution in [3.05, 3.63) is 35.4 Å². The predicted molar refractivity (Wildman–Crippen MR) is 84.1 cm³/mol. The summed E-state index contributed by atoms with van der Waals surface area (Å²) in [5.41, 5.74) is 2.61. The molecular formula is C17H25N3O. The van der Waals surface area contributed by atoms with Crippen LogP contribution < -0.4 is 10.6 Å². The maximum atomic E-state index is 12.3. The van der Waals surface area contributed by atoms with Crippen LogP contribution in [0.4, 0.5) is 0 Å². The zero-order valence-corrected chi connectivity index (χ0v) is 12.6. The van der Waals surface area contributed by atoms with Crippen LogP contribution in [0.15, 0.2) is 24.3 Å². The number of rotatable bonds is 4. The number of nitrogens with one attached hydrogen (secondary N) is 2. The first-order valence-electron chi connectivity index (χ1n) is 8.13. The second-order valence-electron chi connectivity index (χ2n) is 6.10. The molecule has 0 radical (unpaired) electrons. The average molecular weight is 287 g/mol. The van der Waals surface area contributed by atoms with Crippen molar-refractivity contribution >= 4 is 5.91 Å². The monoisotopic (exact) mass is 287 g/mol. The van der Waals surface area contributed by atoms with Gasteiger partial charge in [-0.15, -0.1) is 0 Å². The Kier molecular flexibility index (Phi) is 4.88. The largest absolute Gasteiger partial charge is 0.353 e. The Morgan fingerprint density at radius 1 is 1.19 bits per heavy atom. The van der Waals surface area contributed by atoms with Crippen LogP contribution in [0, 0.1) is 0 Å². The van der Waals surface area contributed by atoms with E-state index in [9.17, 15) is 4.79 Å². The number of hydrogen-bond donors (Lipinski definition) is 2. The van der Waals surface area contributed by atoms with Crippen LogP contribution in [-0.4, -0.2) is 43.0 Å². The second kappa shape index (κ2) is 7.05. The molecule has 1 aromatic carbocycles. The van der Waals surface area contributed by atoms with Gasteiger partial charge in [-0.05, 0) is 43.5 Å². The van der Waals surface area contributed by atoms with Gasteiger partial charge < -0.3 is 15.5 Å². The summed E-state index contributed by atoms with van der Waals surface area (Å²) in [4.78, 5) is 14.7. The highest BCUT2D eigenvalue weighted by Gasteiger charge is 2.23. The Hall–Kier alpha value is -1.39. The molecule has 0 aromatic heterocycles. The Morgan fingerprint density at radius 3 is 2.76 bits per heavy atom. The van der Waals surface area contributed by atoms with Crippen LogP contribution in [0.3, 0.4) is 0 Å². The van der Waals surface area contributed by atoms with Crippen molar-refractivity contribution < 1.29 is 4.79 Å². The molecular weight excluding hydrogens is 262 g/mol. The van der Waals surface area contributed by atoms with Gasteiger partial charge in [-0.1, -0.05) is 30.7 Å². The SMILES string of the molecule is O=C(NCCN1CCCCC1)C1Cc2ccccc2CN1. The lowest BCUT2D eigenvalue weighted by Gasteiger charge is -2.28. The molecule has 0 bridgehead atoms. The molecule has 4 heteroatoms. The van der Waals surface area contributed by atoms with E-state index in [4.69, 9.17) is 0 Å². The fourth-order valence-corrected chi connectivity index (χ4v) is 3.28. The van der Waals surface area contributed by atoms with Crippen LogP contribution >= 0.6 is 0 Å². The highest BCUT2D eigenvalue weighted by atomic mass is 16.2. The molecule has 0 aliphatic carbocycles. The topological polar surface area (TPSA) is 44.4 Å². The molecule has 3 rings (SSSR count). The molecule has 0 saturated carbocycles. The summed E-state index contributed by atoms with van der Waals surface area (Å²) in [6, 6.07) is 8.28. The maximum Gasteiger partial charge on any atom is 0.237 e. The van der Waals surface area contributed by atoms with Crippen LogP contribution in [0.5, 0.6) is 0 Å². The summed E-state index contributed by atoms with van der Waals surface area (Å²) in [6.07, 6.45) is 4.75. The van der Waals surface area contributed by atoms with E-state index in [1.165, 1.54) is 43.5 Å². The van der Waals surface area contributed by atoms with E-state index in [1.807, 2.05) is 0 Å². The Morgan fingerprint density at radius 2 is 1.95 bits per heavy atom. The molecule has 4 nitrogen and oxygen atoms in total. The summed E-state index contributed by atoms with van der Waals surface area (Å²) < 4.78 is 0. The third kappa shape index (κ3) is 3.83. The fourth-order valence-electron chi connectivity index (χ4n) is 3.28. The number of amides is 1. The summed E-state index contributed by atoms with van der Waals surface area (Å²) in [5, 5.41) is 6.43. The number of hydrogen-bond acceptors (Lipinski definition) is 3. The molecule has 0 spiro atoms. The Bertz CT molecular complexity index is 483. The molecule has 114 valence electrons. The number of fused-ring (bicyclic) bond motifs is 1. The van der Waals surface area contributed by atoms with Crippen molar-refractivity contribution in [2.45, 2.75) is 38.3 Å². The lowest BCUT2D eigenvalue weighted by atomic mass is 9.95. The maximum absolute atomic E-state index is 12.3. The van der Waals surface area contributed by atoms with Gasteiger partial charge in [-0.2, -0.15) is 0 Å². The molecule has 1 unspecified atom stereocenters. The van der Waals surface area contributed by atoms with E-state index in [-0.39, 0.29) is 11.9 Å². The second-order valence-corrected chi connectivity index (χ2v) is 6.10. The van der Waals surface area contributed by atoms with Crippen molar-refractivity contribution in [1.82, 2.24) is 15.5 Å². The summed E-state index contributed by atoms with van der Waals surface area (Å²) in [5.74, 6) is 0.140. The van der Waals surface area contributed by atoms with Crippen molar-refractivity contribution in [3.8, 4) is 0 Å². The Labute approximate surface area is 126 Å². The molecule has 2 N–H and O–H groups in total. The van der Waals surface area contributed by atoms with E-state index < -0.39 is 0 Å². The first-order chi connectivity index (χ1) is 10.3. The van der Waals surface area contributed by atoms with Gasteiger partial charge in [0.2, 0.25) is 5.91 Å². The highest BCUT2D eigenvalue weighted by Crippen LogP contribution is 2.16. The van der Waals surface area contributed by atoms with Gasteiger partial charge in [0.15, 0.2) is 0 Å². The first kappa shape index (κ1) is 14.5. The molecule has 2 aliphatic rings. The van der Waals surface area contributed by atoms with Crippen LogP contribution in [-0.2, 0) is 17.8 Å². The smallest absolute Gasteiger partial charge is 0.237 e. The first-order valence-corrected chi connectivity index (χ1v) is 8.13. The third-order valence-electron chi connectivity index (χ3n) is 4.57. The normalized spacial score (nSPS) is 22.6.